The Hall–Kier alpha value is -6.22. The van der Waals surface area contributed by atoms with Crippen LogP contribution in [0.25, 0.3) is 49.9 Å². The van der Waals surface area contributed by atoms with E-state index in [1.807, 2.05) is 96.7 Å². The van der Waals surface area contributed by atoms with Gasteiger partial charge in [0.2, 0.25) is 0 Å². The predicted molar refractivity (Wildman–Crippen MR) is 265 cm³/mol. The molecule has 0 radical (unpaired) electrons. The van der Waals surface area contributed by atoms with E-state index in [0.29, 0.717) is 28.4 Å². The third kappa shape index (κ3) is 7.88. The van der Waals surface area contributed by atoms with Gasteiger partial charge in [-0.2, -0.15) is 47.0 Å². The summed E-state index contributed by atoms with van der Waals surface area (Å²) in [6.45, 7) is 17.9. The fourth-order valence-electron chi connectivity index (χ4n) is 8.09. The summed E-state index contributed by atoms with van der Waals surface area (Å²) in [4.78, 5) is 8.32. The van der Waals surface area contributed by atoms with Crippen LogP contribution >= 0.6 is 0 Å². The largest absolute Gasteiger partial charge is 0.493 e. The van der Waals surface area contributed by atoms with Gasteiger partial charge in [0.1, 0.15) is 5.82 Å². The molecule has 0 bridgehead atoms. The third-order valence-corrected chi connectivity index (χ3v) is 11.6. The molecular formula is C59H53N4Pt-3. The number of benzene rings is 7. The Morgan fingerprint density at radius 3 is 1.86 bits per heavy atom. The molecule has 0 unspecified atom stereocenters. The maximum atomic E-state index is 9.58. The molecular weight excluding hydrogens is 960 g/mol. The van der Waals surface area contributed by atoms with E-state index in [-0.39, 0.29) is 112 Å². The molecule has 64 heavy (non-hydrogen) atoms. The van der Waals surface area contributed by atoms with Crippen LogP contribution in [0.5, 0.6) is 0 Å². The van der Waals surface area contributed by atoms with E-state index in [1.165, 1.54) is 0 Å². The van der Waals surface area contributed by atoms with E-state index >= 15 is 0 Å². The summed E-state index contributed by atoms with van der Waals surface area (Å²) in [6.07, 6.45) is 1.65. The van der Waals surface area contributed by atoms with Crippen LogP contribution in [0.4, 0.5) is 22.7 Å². The van der Waals surface area contributed by atoms with Crippen molar-refractivity contribution in [2.75, 3.05) is 9.80 Å². The van der Waals surface area contributed by atoms with Gasteiger partial charge in [0, 0.05) is 62.3 Å². The SMILES string of the molecule is [2H]c1c([2H])c([2H])c(-c2cccc(-c3c([2H])c([2H])c([2H])c([2H])c3[2H])c2N2[CH-]N(c3[c-]c(Cc4[c-]c5c(c([2H])c4[2H])c4c([2H])c([2H])c([2H])c([2H])c4n5-c4cc(C(C)(C)C)ccn4)cc(C(C)(C)C)c3)c3cc(C)c(C)cc32)c([2H])c1[2H].[Pt]. The number of rotatable bonds is 7. The average Bonchev–Trinajstić information content (AvgIpc) is 4.14. The molecule has 2 aromatic heterocycles. The van der Waals surface area contributed by atoms with Gasteiger partial charge in [-0.3, -0.25) is 0 Å². The summed E-state index contributed by atoms with van der Waals surface area (Å²) in [7, 11) is 0. The molecule has 0 atom stereocenters. The van der Waals surface area contributed by atoms with E-state index in [2.05, 4.69) is 12.1 Å². The fraction of sp³-hybridized carbons (Fsp3) is 0.186. The Kier molecular flexibility index (Phi) is 7.28. The van der Waals surface area contributed by atoms with Gasteiger partial charge in [0.25, 0.3) is 0 Å². The van der Waals surface area contributed by atoms with Crippen LogP contribution in [0, 0.1) is 32.6 Å². The van der Waals surface area contributed by atoms with Gasteiger partial charge in [-0.15, -0.1) is 23.8 Å². The number of aromatic nitrogens is 2. The van der Waals surface area contributed by atoms with Crippen LogP contribution in [0.15, 0.2) is 157 Å². The summed E-state index contributed by atoms with van der Waals surface area (Å²) in [5.41, 5.74) is 5.70. The molecule has 3 heterocycles. The number of aryl methyl sites for hydroxylation is 2. The zero-order valence-electron chi connectivity index (χ0n) is 52.7. The van der Waals surface area contributed by atoms with Crippen LogP contribution in [0.3, 0.4) is 0 Å². The van der Waals surface area contributed by atoms with Gasteiger partial charge >= 0.3 is 0 Å². The number of hydrogen-bond donors (Lipinski definition) is 0. The van der Waals surface area contributed by atoms with E-state index in [0.717, 1.165) is 22.3 Å². The Labute approximate surface area is 416 Å². The van der Waals surface area contributed by atoms with Gasteiger partial charge < -0.3 is 14.4 Å². The minimum absolute atomic E-state index is 0. The summed E-state index contributed by atoms with van der Waals surface area (Å²) < 4.78 is 145. The second-order valence-electron chi connectivity index (χ2n) is 18.0. The second-order valence-corrected chi connectivity index (χ2v) is 18.0. The number of anilines is 4. The normalized spacial score (nSPS) is 16.3. The predicted octanol–water partition coefficient (Wildman–Crippen LogP) is 15.3. The zero-order chi connectivity index (χ0) is 57.5. The quantitative estimate of drug-likeness (QED) is 0.149. The van der Waals surface area contributed by atoms with Crippen molar-refractivity contribution in [1.82, 2.24) is 9.55 Å². The van der Waals surface area contributed by atoms with Crippen LogP contribution in [0.2, 0.25) is 0 Å². The first kappa shape index (κ1) is 27.9. The number of fused-ring (bicyclic) bond motifs is 4. The van der Waals surface area contributed by atoms with Crippen molar-refractivity contribution in [2.24, 2.45) is 0 Å². The van der Waals surface area contributed by atoms with Crippen molar-refractivity contribution in [3.8, 4) is 28.1 Å². The topological polar surface area (TPSA) is 24.3 Å². The Bertz CT molecular complexity index is 3980. The standard InChI is InChI=1S/C59H53N4.Pt/c1-39-30-54-55(31-40(39)2)62(57-48(43-18-11-9-12-19-43)23-17-24-49(57)44-20-13-10-14-21-44)38-61(54)47-34-42(33-46(36-47)59(6,7)8)32-41-26-27-51-50-22-15-16-25-52(50)63(53(51)35-41)56-37-45(28-29-60-56)58(3,4)5;/h9-31,33,36-38H,32H2,1-8H3;/q-3;/i9D,10D,11D,12D,13D,14D,15D,16D,18D,19D,20D,21D,22D,25D,26D,27D;. The van der Waals surface area contributed by atoms with E-state index in [1.54, 1.807) is 40.5 Å². The molecule has 0 spiro atoms. The Morgan fingerprint density at radius 1 is 0.609 bits per heavy atom. The molecule has 1 aliphatic rings. The molecule has 7 aromatic carbocycles. The van der Waals surface area contributed by atoms with Gasteiger partial charge in [-0.1, -0.05) is 144 Å². The molecule has 5 heteroatoms. The van der Waals surface area contributed by atoms with Crippen molar-refractivity contribution in [3.05, 3.63) is 210 Å². The van der Waals surface area contributed by atoms with Crippen LogP contribution < -0.4 is 9.80 Å². The average molecular weight is 1030 g/mol. The fourth-order valence-corrected chi connectivity index (χ4v) is 8.09. The smallest absolute Gasteiger partial charge is 0.135 e. The maximum absolute atomic E-state index is 9.58. The van der Waals surface area contributed by atoms with Crippen LogP contribution in [-0.2, 0) is 38.3 Å². The molecule has 0 saturated carbocycles. The molecule has 322 valence electrons. The molecule has 10 rings (SSSR count). The van der Waals surface area contributed by atoms with Gasteiger partial charge in [0.05, 0.1) is 19.2 Å². The molecule has 0 saturated heterocycles. The van der Waals surface area contributed by atoms with E-state index in [4.69, 9.17) is 24.2 Å². The monoisotopic (exact) mass is 1030 g/mol. The molecule has 0 amide bonds. The van der Waals surface area contributed by atoms with Crippen molar-refractivity contribution in [3.63, 3.8) is 0 Å². The zero-order valence-corrected chi connectivity index (χ0v) is 38.9. The summed E-state index contributed by atoms with van der Waals surface area (Å²) >= 11 is 0. The van der Waals surface area contributed by atoms with Crippen molar-refractivity contribution in [1.29, 1.82) is 0 Å². The molecule has 1 aliphatic heterocycles. The van der Waals surface area contributed by atoms with Crippen molar-refractivity contribution >= 4 is 44.6 Å². The minimum atomic E-state index is -0.601. The number of pyridine rings is 1. The van der Waals surface area contributed by atoms with Gasteiger partial charge in [0.15, 0.2) is 0 Å². The number of nitrogens with zero attached hydrogens (tertiary/aromatic N) is 4. The van der Waals surface area contributed by atoms with Crippen LogP contribution in [-0.4, -0.2) is 9.55 Å². The molecule has 0 N–H and O–H groups in total. The van der Waals surface area contributed by atoms with Crippen molar-refractivity contribution in [2.45, 2.75) is 72.6 Å². The first-order chi connectivity index (χ1) is 37.0. The first-order valence-electron chi connectivity index (χ1n) is 28.8. The molecule has 0 fully saturated rings. The minimum Gasteiger partial charge on any atom is -0.493 e. The Morgan fingerprint density at radius 2 is 1.22 bits per heavy atom. The van der Waals surface area contributed by atoms with Gasteiger partial charge in [-0.05, 0) is 96.0 Å². The second kappa shape index (κ2) is 16.7. The maximum Gasteiger partial charge on any atom is 0.135 e. The number of hydrogen-bond acceptors (Lipinski definition) is 3. The summed E-state index contributed by atoms with van der Waals surface area (Å²) in [5, 5.41) is 0.211. The third-order valence-electron chi connectivity index (χ3n) is 11.6. The van der Waals surface area contributed by atoms with Crippen molar-refractivity contribution < 1.29 is 43.0 Å². The summed E-state index contributed by atoms with van der Waals surface area (Å²) in [6, 6.07) is 15.7. The van der Waals surface area contributed by atoms with Gasteiger partial charge in [-0.25, -0.2) is 4.98 Å². The Balaban J connectivity index is 0.00000774. The molecule has 4 nitrogen and oxygen atoms in total. The first-order valence-corrected chi connectivity index (χ1v) is 20.8. The van der Waals surface area contributed by atoms with E-state index < -0.39 is 77.9 Å². The summed E-state index contributed by atoms with van der Waals surface area (Å²) in [5.74, 6) is 0.349. The molecule has 9 aromatic rings. The number of para-hydroxylation sites is 2. The van der Waals surface area contributed by atoms with Crippen LogP contribution in [0.1, 0.15) is 96.9 Å². The van der Waals surface area contributed by atoms with E-state index in [9.17, 15) is 2.74 Å². The molecule has 0 aliphatic carbocycles.